The summed E-state index contributed by atoms with van der Waals surface area (Å²) in [4.78, 5) is 16.4. The second kappa shape index (κ2) is 7.10. The van der Waals surface area contributed by atoms with Gasteiger partial charge in [0.1, 0.15) is 0 Å². The summed E-state index contributed by atoms with van der Waals surface area (Å²) in [6, 6.07) is 15.7. The van der Waals surface area contributed by atoms with Gasteiger partial charge in [0.2, 0.25) is 5.91 Å². The van der Waals surface area contributed by atoms with E-state index in [1.807, 2.05) is 62.4 Å². The summed E-state index contributed by atoms with van der Waals surface area (Å²) in [5.41, 5.74) is 1.11. The number of hydrogen-bond acceptors (Lipinski definition) is 3. The third-order valence-electron chi connectivity index (χ3n) is 2.96. The smallest absolute Gasteiger partial charge is 0.233 e. The first-order valence-corrected chi connectivity index (χ1v) is 7.48. The van der Waals surface area contributed by atoms with Crippen LogP contribution in [0.4, 0.5) is 0 Å². The molecule has 1 amide bonds. The zero-order valence-corrected chi connectivity index (χ0v) is 12.4. The zero-order valence-electron chi connectivity index (χ0n) is 11.6. The molecule has 1 N–H and O–H groups in total. The second-order valence-electron chi connectivity index (χ2n) is 4.57. The number of thioether (sulfide) groups is 1. The van der Waals surface area contributed by atoms with E-state index in [2.05, 4.69) is 10.3 Å². The van der Waals surface area contributed by atoms with Crippen molar-refractivity contribution >= 4 is 17.7 Å². The number of aromatic nitrogens is 1. The van der Waals surface area contributed by atoms with E-state index >= 15 is 0 Å². The van der Waals surface area contributed by atoms with Crippen molar-refractivity contribution in [3.8, 4) is 0 Å². The van der Waals surface area contributed by atoms with Gasteiger partial charge in [0, 0.05) is 6.20 Å². The van der Waals surface area contributed by atoms with Gasteiger partial charge in [0.05, 0.1) is 16.3 Å². The van der Waals surface area contributed by atoms with Crippen LogP contribution in [-0.2, 0) is 4.79 Å². The van der Waals surface area contributed by atoms with Crippen LogP contribution in [-0.4, -0.2) is 16.1 Å². The Hall–Kier alpha value is -1.81. The Morgan fingerprint density at radius 3 is 2.45 bits per heavy atom. The summed E-state index contributed by atoms with van der Waals surface area (Å²) in [7, 11) is 0. The average Bonchev–Trinajstić information content (AvgIpc) is 2.49. The van der Waals surface area contributed by atoms with Gasteiger partial charge in [-0.1, -0.05) is 48.2 Å². The van der Waals surface area contributed by atoms with Crippen LogP contribution in [0.3, 0.4) is 0 Å². The Kier molecular flexibility index (Phi) is 5.18. The Morgan fingerprint density at radius 2 is 1.80 bits per heavy atom. The maximum absolute atomic E-state index is 12.2. The Bertz CT molecular complexity index is 545. The largest absolute Gasteiger partial charge is 0.349 e. The molecule has 1 aromatic carbocycles. The number of nitrogens with one attached hydrogen (secondary N) is 1. The summed E-state index contributed by atoms with van der Waals surface area (Å²) in [6.07, 6.45) is 1.74. The van der Waals surface area contributed by atoms with Crippen molar-refractivity contribution in [2.24, 2.45) is 0 Å². The third-order valence-corrected chi connectivity index (χ3v) is 4.01. The number of pyridine rings is 1. The van der Waals surface area contributed by atoms with Gasteiger partial charge in [-0.2, -0.15) is 0 Å². The highest BCUT2D eigenvalue weighted by atomic mass is 32.2. The standard InChI is InChI=1S/C16H18N2OS/c1-12(14-8-4-3-5-9-14)18-16(19)13(2)20-15-10-6-7-11-17-15/h3-13H,1-2H3,(H,18,19). The lowest BCUT2D eigenvalue weighted by Crippen LogP contribution is -2.33. The predicted molar refractivity (Wildman–Crippen MR) is 82.6 cm³/mol. The quantitative estimate of drug-likeness (QED) is 0.856. The summed E-state index contributed by atoms with van der Waals surface area (Å²) in [6.45, 7) is 3.89. The normalized spacial score (nSPS) is 13.5. The second-order valence-corrected chi connectivity index (χ2v) is 5.93. The third kappa shape index (κ3) is 4.10. The minimum absolute atomic E-state index is 0.00971. The van der Waals surface area contributed by atoms with Crippen LogP contribution < -0.4 is 5.32 Å². The minimum Gasteiger partial charge on any atom is -0.349 e. The fraction of sp³-hybridized carbons (Fsp3) is 0.250. The molecule has 20 heavy (non-hydrogen) atoms. The van der Waals surface area contributed by atoms with Crippen molar-refractivity contribution in [1.29, 1.82) is 0 Å². The van der Waals surface area contributed by atoms with Crippen molar-refractivity contribution in [3.05, 3.63) is 60.3 Å². The maximum atomic E-state index is 12.2. The number of nitrogens with zero attached hydrogens (tertiary/aromatic N) is 1. The molecule has 3 nitrogen and oxygen atoms in total. The van der Waals surface area contributed by atoms with E-state index in [1.54, 1.807) is 6.20 Å². The molecule has 2 aromatic rings. The first kappa shape index (κ1) is 14.6. The molecule has 0 spiro atoms. The average molecular weight is 286 g/mol. The SMILES string of the molecule is CC(Sc1ccccn1)C(=O)NC(C)c1ccccc1. The number of carbonyl (C=O) groups is 1. The molecule has 0 aliphatic heterocycles. The molecular weight excluding hydrogens is 268 g/mol. The fourth-order valence-corrected chi connectivity index (χ4v) is 2.62. The molecule has 0 radical (unpaired) electrons. The van der Waals surface area contributed by atoms with Gasteiger partial charge < -0.3 is 5.32 Å². The Balaban J connectivity index is 1.91. The number of rotatable bonds is 5. The fourth-order valence-electron chi connectivity index (χ4n) is 1.81. The molecule has 0 fully saturated rings. The molecule has 2 rings (SSSR count). The summed E-state index contributed by atoms with van der Waals surface area (Å²) < 4.78 is 0. The van der Waals surface area contributed by atoms with Crippen LogP contribution in [0.25, 0.3) is 0 Å². The molecule has 0 aliphatic carbocycles. The minimum atomic E-state index is -0.170. The Labute approximate surface area is 123 Å². The predicted octanol–water partition coefficient (Wildman–Crippen LogP) is 3.44. The topological polar surface area (TPSA) is 42.0 Å². The van der Waals surface area contributed by atoms with Crippen molar-refractivity contribution in [2.45, 2.75) is 30.2 Å². The van der Waals surface area contributed by atoms with Gasteiger partial charge in [-0.15, -0.1) is 0 Å². The van der Waals surface area contributed by atoms with Gasteiger partial charge in [-0.3, -0.25) is 4.79 Å². The lowest BCUT2D eigenvalue weighted by molar-refractivity contribution is -0.120. The number of benzene rings is 1. The van der Waals surface area contributed by atoms with Crippen LogP contribution in [0.5, 0.6) is 0 Å². The molecule has 0 saturated heterocycles. The molecule has 1 heterocycles. The zero-order chi connectivity index (χ0) is 14.4. The molecule has 0 aliphatic rings. The summed E-state index contributed by atoms with van der Waals surface area (Å²) in [5, 5.41) is 3.72. The van der Waals surface area contributed by atoms with Crippen molar-refractivity contribution in [2.75, 3.05) is 0 Å². The van der Waals surface area contributed by atoms with Crippen LogP contribution in [0.15, 0.2) is 59.8 Å². The van der Waals surface area contributed by atoms with Gasteiger partial charge in [-0.25, -0.2) is 4.98 Å². The van der Waals surface area contributed by atoms with E-state index in [4.69, 9.17) is 0 Å². The van der Waals surface area contributed by atoms with Crippen LogP contribution in [0.2, 0.25) is 0 Å². The monoisotopic (exact) mass is 286 g/mol. The Morgan fingerprint density at radius 1 is 1.10 bits per heavy atom. The van der Waals surface area contributed by atoms with E-state index in [1.165, 1.54) is 11.8 Å². The molecule has 104 valence electrons. The highest BCUT2D eigenvalue weighted by molar-refractivity contribution is 8.00. The van der Waals surface area contributed by atoms with E-state index in [0.29, 0.717) is 0 Å². The van der Waals surface area contributed by atoms with Crippen molar-refractivity contribution in [1.82, 2.24) is 10.3 Å². The molecule has 1 aromatic heterocycles. The lowest BCUT2D eigenvalue weighted by atomic mass is 10.1. The van der Waals surface area contributed by atoms with Gasteiger partial charge in [-0.05, 0) is 31.5 Å². The molecule has 2 atom stereocenters. The number of amides is 1. The number of carbonyl (C=O) groups excluding carboxylic acids is 1. The van der Waals surface area contributed by atoms with Crippen LogP contribution >= 0.6 is 11.8 Å². The molecule has 0 saturated carbocycles. The van der Waals surface area contributed by atoms with Gasteiger partial charge in [0.15, 0.2) is 0 Å². The molecular formula is C16H18N2OS. The number of hydrogen-bond donors (Lipinski definition) is 1. The van der Waals surface area contributed by atoms with E-state index < -0.39 is 0 Å². The highest BCUT2D eigenvalue weighted by Crippen LogP contribution is 2.21. The molecule has 2 unspecified atom stereocenters. The van der Waals surface area contributed by atoms with Crippen LogP contribution in [0, 0.1) is 0 Å². The summed E-state index contributed by atoms with van der Waals surface area (Å²) >= 11 is 1.47. The highest BCUT2D eigenvalue weighted by Gasteiger charge is 2.17. The van der Waals surface area contributed by atoms with E-state index in [-0.39, 0.29) is 17.2 Å². The van der Waals surface area contributed by atoms with E-state index in [9.17, 15) is 4.79 Å². The van der Waals surface area contributed by atoms with E-state index in [0.717, 1.165) is 10.6 Å². The molecule has 4 heteroatoms. The maximum Gasteiger partial charge on any atom is 0.233 e. The molecule has 0 bridgehead atoms. The first-order chi connectivity index (χ1) is 9.66. The van der Waals surface area contributed by atoms with Crippen molar-refractivity contribution in [3.63, 3.8) is 0 Å². The van der Waals surface area contributed by atoms with Crippen molar-refractivity contribution < 1.29 is 4.79 Å². The van der Waals surface area contributed by atoms with Gasteiger partial charge >= 0.3 is 0 Å². The lowest BCUT2D eigenvalue weighted by Gasteiger charge is -2.17. The summed E-state index contributed by atoms with van der Waals surface area (Å²) in [5.74, 6) is 0.0250. The van der Waals surface area contributed by atoms with Crippen LogP contribution in [0.1, 0.15) is 25.5 Å². The van der Waals surface area contributed by atoms with Gasteiger partial charge in [0.25, 0.3) is 0 Å². The first-order valence-electron chi connectivity index (χ1n) is 6.60.